The Balaban J connectivity index is -0.000000212. The second-order valence-electron chi connectivity index (χ2n) is 6.56. The molecule has 1 unspecified atom stereocenters. The fraction of sp³-hybridized carbons (Fsp3) is 0.875. The van der Waals surface area contributed by atoms with Gasteiger partial charge in [0, 0.05) is 5.92 Å². The molecule has 0 aliphatic carbocycles. The van der Waals surface area contributed by atoms with E-state index >= 15 is 0 Å². The summed E-state index contributed by atoms with van der Waals surface area (Å²) in [5.74, 6) is 0.772. The number of ketones is 2. The van der Waals surface area contributed by atoms with Gasteiger partial charge in [0.2, 0.25) is 0 Å². The zero-order valence-electron chi connectivity index (χ0n) is 14.0. The highest BCUT2D eigenvalue weighted by atomic mass is 16.1. The molecule has 0 radical (unpaired) electrons. The highest BCUT2D eigenvalue weighted by Crippen LogP contribution is 2.08. The van der Waals surface area contributed by atoms with Crippen molar-refractivity contribution in [2.75, 3.05) is 0 Å². The lowest BCUT2D eigenvalue weighted by atomic mass is 10.0. The molecule has 0 heterocycles. The van der Waals surface area contributed by atoms with Gasteiger partial charge in [0.1, 0.15) is 11.6 Å². The normalized spacial score (nSPS) is 11.4. The van der Waals surface area contributed by atoms with E-state index in [4.69, 9.17) is 0 Å². The molecule has 0 amide bonds. The van der Waals surface area contributed by atoms with Crippen molar-refractivity contribution in [3.05, 3.63) is 0 Å². The minimum atomic E-state index is 0.167. The number of carbonyl (C=O) groups excluding carboxylic acids is 2. The Morgan fingerprint density at radius 1 is 1.00 bits per heavy atom. The summed E-state index contributed by atoms with van der Waals surface area (Å²) in [5, 5.41) is 0. The molecule has 2 heteroatoms. The number of hydrogen-bond acceptors (Lipinski definition) is 2. The van der Waals surface area contributed by atoms with E-state index < -0.39 is 0 Å². The molecule has 0 aliphatic heterocycles. The minimum Gasteiger partial charge on any atom is -0.300 e. The van der Waals surface area contributed by atoms with Gasteiger partial charge in [0.05, 0.1) is 0 Å². The van der Waals surface area contributed by atoms with Gasteiger partial charge in [-0.2, -0.15) is 0 Å². The van der Waals surface area contributed by atoms with Crippen LogP contribution in [0.2, 0.25) is 0 Å². The van der Waals surface area contributed by atoms with Crippen LogP contribution in [-0.2, 0) is 9.59 Å². The Morgan fingerprint density at radius 2 is 1.28 bits per heavy atom. The SMILES string of the molecule is CC(C)(C)C.CC(C)=O.CCCCC(C)C(C)=O. The number of carbonyl (C=O) groups is 2. The molecule has 1 atom stereocenters. The van der Waals surface area contributed by atoms with E-state index in [9.17, 15) is 9.59 Å². The van der Waals surface area contributed by atoms with Crippen LogP contribution in [-0.4, -0.2) is 11.6 Å². The molecule has 0 N–H and O–H groups in total. The van der Waals surface area contributed by atoms with Crippen LogP contribution in [0, 0.1) is 11.3 Å². The van der Waals surface area contributed by atoms with Crippen LogP contribution in [0.4, 0.5) is 0 Å². The first-order valence-corrected chi connectivity index (χ1v) is 6.89. The molecule has 0 aromatic rings. The predicted molar refractivity (Wildman–Crippen MR) is 80.9 cm³/mol. The number of Topliss-reactive ketones (excluding diaryl/α,β-unsaturated/α-hetero) is 2. The summed E-state index contributed by atoms with van der Waals surface area (Å²) >= 11 is 0. The Bertz CT molecular complexity index is 202. The molecule has 18 heavy (non-hydrogen) atoms. The highest BCUT2D eigenvalue weighted by molar-refractivity contribution is 5.77. The van der Waals surface area contributed by atoms with Crippen LogP contribution in [0.3, 0.4) is 0 Å². The third-order valence-corrected chi connectivity index (χ3v) is 1.68. The van der Waals surface area contributed by atoms with E-state index in [2.05, 4.69) is 34.6 Å². The maximum absolute atomic E-state index is 10.6. The van der Waals surface area contributed by atoms with Crippen molar-refractivity contribution in [3.8, 4) is 0 Å². The molecule has 0 aliphatic rings. The third kappa shape index (κ3) is 58.6. The molecule has 0 saturated heterocycles. The van der Waals surface area contributed by atoms with Gasteiger partial charge in [-0.15, -0.1) is 0 Å². The zero-order chi connectivity index (χ0) is 15.4. The third-order valence-electron chi connectivity index (χ3n) is 1.68. The van der Waals surface area contributed by atoms with Crippen LogP contribution in [0.1, 0.15) is 81.6 Å². The first-order valence-electron chi connectivity index (χ1n) is 6.89. The molecular weight excluding hydrogens is 224 g/mol. The molecule has 0 saturated carbocycles. The van der Waals surface area contributed by atoms with Gasteiger partial charge in [-0.05, 0) is 32.6 Å². The van der Waals surface area contributed by atoms with E-state index in [1.807, 2.05) is 6.92 Å². The van der Waals surface area contributed by atoms with Gasteiger partial charge in [-0.25, -0.2) is 0 Å². The fourth-order valence-electron chi connectivity index (χ4n) is 0.714. The zero-order valence-corrected chi connectivity index (χ0v) is 14.0. The lowest BCUT2D eigenvalue weighted by molar-refractivity contribution is -0.120. The van der Waals surface area contributed by atoms with Crippen molar-refractivity contribution in [3.63, 3.8) is 0 Å². The van der Waals surface area contributed by atoms with Gasteiger partial charge >= 0.3 is 0 Å². The van der Waals surface area contributed by atoms with Crippen LogP contribution < -0.4 is 0 Å². The van der Waals surface area contributed by atoms with Crippen molar-refractivity contribution in [2.45, 2.75) is 81.6 Å². The van der Waals surface area contributed by atoms with Crippen LogP contribution in [0.15, 0.2) is 0 Å². The Labute approximate surface area is 115 Å². The lowest BCUT2D eigenvalue weighted by Crippen LogP contribution is -2.05. The molecule has 0 fully saturated rings. The molecule has 0 aromatic heterocycles. The van der Waals surface area contributed by atoms with Crippen molar-refractivity contribution in [2.24, 2.45) is 11.3 Å². The van der Waals surface area contributed by atoms with Crippen LogP contribution in [0.5, 0.6) is 0 Å². The second kappa shape index (κ2) is 12.8. The van der Waals surface area contributed by atoms with Crippen molar-refractivity contribution < 1.29 is 9.59 Å². The summed E-state index contributed by atoms with van der Waals surface area (Å²) in [6.45, 7) is 17.6. The molecule has 0 aromatic carbocycles. The monoisotopic (exact) mass is 258 g/mol. The van der Waals surface area contributed by atoms with E-state index in [-0.39, 0.29) is 11.7 Å². The first kappa shape index (κ1) is 22.5. The van der Waals surface area contributed by atoms with Crippen LogP contribution in [0.25, 0.3) is 0 Å². The van der Waals surface area contributed by atoms with Crippen LogP contribution >= 0.6 is 0 Å². The summed E-state index contributed by atoms with van der Waals surface area (Å²) in [5.41, 5.74) is 0.500. The number of rotatable bonds is 4. The summed E-state index contributed by atoms with van der Waals surface area (Å²) in [6, 6.07) is 0. The van der Waals surface area contributed by atoms with Crippen molar-refractivity contribution >= 4 is 11.6 Å². The summed E-state index contributed by atoms with van der Waals surface area (Å²) in [7, 11) is 0. The lowest BCUT2D eigenvalue weighted by Gasteiger charge is -2.05. The molecular formula is C16H34O2. The largest absolute Gasteiger partial charge is 0.300 e. The van der Waals surface area contributed by atoms with Gasteiger partial charge in [0.25, 0.3) is 0 Å². The minimum absolute atomic E-state index is 0.167. The number of hydrogen-bond donors (Lipinski definition) is 0. The van der Waals surface area contributed by atoms with Gasteiger partial charge < -0.3 is 4.79 Å². The van der Waals surface area contributed by atoms with Crippen molar-refractivity contribution in [1.82, 2.24) is 0 Å². The molecule has 0 bridgehead atoms. The summed E-state index contributed by atoms with van der Waals surface area (Å²) < 4.78 is 0. The Hall–Kier alpha value is -0.660. The molecule has 2 nitrogen and oxygen atoms in total. The molecule has 0 rings (SSSR count). The van der Waals surface area contributed by atoms with E-state index in [1.165, 1.54) is 26.7 Å². The van der Waals surface area contributed by atoms with E-state index in [0.717, 1.165) is 6.42 Å². The average Bonchev–Trinajstić information content (AvgIpc) is 2.10. The quantitative estimate of drug-likeness (QED) is 0.707. The second-order valence-corrected chi connectivity index (χ2v) is 6.56. The Kier molecular flexibility index (Phi) is 16.0. The maximum atomic E-state index is 10.6. The van der Waals surface area contributed by atoms with E-state index in [0.29, 0.717) is 11.2 Å². The summed E-state index contributed by atoms with van der Waals surface area (Å²) in [4.78, 5) is 20.1. The van der Waals surface area contributed by atoms with Gasteiger partial charge in [-0.1, -0.05) is 54.4 Å². The predicted octanol–water partition coefficient (Wildman–Crippen LogP) is 5.05. The standard InChI is InChI=1S/C8H16O.C5H12.C3H6O/c1-4-5-6-7(2)8(3)9;1-5(2,3)4;1-3(2)4/h7H,4-6H2,1-3H3;1-4H3;1-2H3. The molecule has 110 valence electrons. The topological polar surface area (TPSA) is 34.1 Å². The van der Waals surface area contributed by atoms with Gasteiger partial charge in [0.15, 0.2) is 0 Å². The van der Waals surface area contributed by atoms with Gasteiger partial charge in [-0.3, -0.25) is 4.79 Å². The smallest absolute Gasteiger partial charge is 0.132 e. The van der Waals surface area contributed by atoms with Crippen molar-refractivity contribution in [1.29, 1.82) is 0 Å². The summed E-state index contributed by atoms with van der Waals surface area (Å²) in [6.07, 6.45) is 3.43. The number of unbranched alkanes of at least 4 members (excludes halogenated alkanes) is 1. The molecule has 0 spiro atoms. The average molecular weight is 258 g/mol. The Morgan fingerprint density at radius 3 is 1.44 bits per heavy atom. The van der Waals surface area contributed by atoms with E-state index in [1.54, 1.807) is 6.92 Å². The highest BCUT2D eigenvalue weighted by Gasteiger charge is 2.04. The first-order chi connectivity index (χ1) is 7.91. The maximum Gasteiger partial charge on any atom is 0.132 e. The fourth-order valence-corrected chi connectivity index (χ4v) is 0.714.